The van der Waals surface area contributed by atoms with E-state index in [1.165, 1.54) is 0 Å². The van der Waals surface area contributed by atoms with Crippen LogP contribution in [0.25, 0.3) is 6.08 Å². The highest BCUT2D eigenvalue weighted by atomic mass is 79.9. The molecule has 3 rings (SSSR count). The van der Waals surface area contributed by atoms with Gasteiger partial charge in [-0.1, -0.05) is 6.08 Å². The number of benzene rings is 1. The van der Waals surface area contributed by atoms with E-state index in [9.17, 15) is 10.2 Å². The molecule has 0 fully saturated rings. The SMILES string of the molecule is Br.Cc1c(O)c(O)cc2c1CN1C=CC=CC1=C2. The fraction of sp³-hybridized carbons (Fsp3) is 0.143. The largest absolute Gasteiger partial charge is 0.504 e. The van der Waals surface area contributed by atoms with Crippen LogP contribution in [0.15, 0.2) is 36.2 Å². The molecule has 3 nitrogen and oxygen atoms in total. The third-order valence-electron chi connectivity index (χ3n) is 3.30. The molecule has 2 heterocycles. The van der Waals surface area contributed by atoms with Crippen molar-refractivity contribution in [2.75, 3.05) is 0 Å². The minimum Gasteiger partial charge on any atom is -0.504 e. The summed E-state index contributed by atoms with van der Waals surface area (Å²) in [5.41, 5.74) is 3.88. The number of phenolic OH excluding ortho intramolecular Hbond substituents is 2. The molecule has 2 aliphatic rings. The Morgan fingerprint density at radius 2 is 2.00 bits per heavy atom. The summed E-state index contributed by atoms with van der Waals surface area (Å²) in [5, 5.41) is 19.4. The number of fused-ring (bicyclic) bond motifs is 2. The van der Waals surface area contributed by atoms with E-state index < -0.39 is 0 Å². The molecule has 0 amide bonds. The third kappa shape index (κ3) is 1.82. The summed E-state index contributed by atoms with van der Waals surface area (Å²) < 4.78 is 0. The Balaban J connectivity index is 0.00000120. The number of allylic oxidation sites excluding steroid dienone is 3. The molecule has 0 unspecified atom stereocenters. The molecular weight excluding hydrogens is 294 g/mol. The zero-order valence-electron chi connectivity index (χ0n) is 9.92. The zero-order valence-corrected chi connectivity index (χ0v) is 11.6. The van der Waals surface area contributed by atoms with Gasteiger partial charge in [-0.25, -0.2) is 0 Å². The number of rotatable bonds is 0. The average Bonchev–Trinajstić information content (AvgIpc) is 2.34. The molecule has 0 bridgehead atoms. The number of hydrogen-bond donors (Lipinski definition) is 2. The molecule has 0 aromatic heterocycles. The first-order valence-corrected chi connectivity index (χ1v) is 5.54. The zero-order chi connectivity index (χ0) is 12.0. The summed E-state index contributed by atoms with van der Waals surface area (Å²) in [7, 11) is 0. The van der Waals surface area contributed by atoms with E-state index in [4.69, 9.17) is 0 Å². The molecular formula is C14H14BrNO2. The van der Waals surface area contributed by atoms with Gasteiger partial charge in [0.15, 0.2) is 11.5 Å². The molecule has 0 atom stereocenters. The predicted octanol–water partition coefficient (Wildman–Crippen LogP) is 3.22. The minimum absolute atomic E-state index is 0. The Labute approximate surface area is 116 Å². The van der Waals surface area contributed by atoms with Gasteiger partial charge in [-0.15, -0.1) is 17.0 Å². The molecule has 2 aliphatic heterocycles. The summed E-state index contributed by atoms with van der Waals surface area (Å²) in [5.74, 6) is -0.0704. The van der Waals surface area contributed by atoms with Crippen LogP contribution in [0.3, 0.4) is 0 Å². The van der Waals surface area contributed by atoms with Crippen molar-refractivity contribution >= 4 is 23.1 Å². The van der Waals surface area contributed by atoms with Gasteiger partial charge in [0.2, 0.25) is 0 Å². The fourth-order valence-corrected chi connectivity index (χ4v) is 2.29. The molecule has 18 heavy (non-hydrogen) atoms. The third-order valence-corrected chi connectivity index (χ3v) is 3.30. The second-order valence-corrected chi connectivity index (χ2v) is 4.33. The number of aromatic hydroxyl groups is 2. The van der Waals surface area contributed by atoms with Crippen molar-refractivity contribution < 1.29 is 10.2 Å². The summed E-state index contributed by atoms with van der Waals surface area (Å²) in [6.07, 6.45) is 10.0. The van der Waals surface area contributed by atoms with Crippen molar-refractivity contribution in [3.63, 3.8) is 0 Å². The summed E-state index contributed by atoms with van der Waals surface area (Å²) >= 11 is 0. The van der Waals surface area contributed by atoms with Gasteiger partial charge in [0.05, 0.1) is 0 Å². The molecule has 1 aromatic rings. The fourth-order valence-electron chi connectivity index (χ4n) is 2.29. The molecule has 4 heteroatoms. The first kappa shape index (κ1) is 12.8. The van der Waals surface area contributed by atoms with Gasteiger partial charge in [0, 0.05) is 24.0 Å². The van der Waals surface area contributed by atoms with E-state index in [1.54, 1.807) is 6.07 Å². The maximum atomic E-state index is 9.74. The molecule has 0 saturated heterocycles. The van der Waals surface area contributed by atoms with Crippen molar-refractivity contribution in [3.05, 3.63) is 52.9 Å². The molecule has 0 saturated carbocycles. The van der Waals surface area contributed by atoms with Crippen molar-refractivity contribution in [3.8, 4) is 11.5 Å². The smallest absolute Gasteiger partial charge is 0.160 e. The van der Waals surface area contributed by atoms with Crippen LogP contribution in [0.2, 0.25) is 0 Å². The lowest BCUT2D eigenvalue weighted by molar-refractivity contribution is 0.396. The van der Waals surface area contributed by atoms with E-state index in [0.717, 1.165) is 28.9 Å². The quantitative estimate of drug-likeness (QED) is 0.723. The average molecular weight is 308 g/mol. The Morgan fingerprint density at radius 1 is 1.22 bits per heavy atom. The van der Waals surface area contributed by atoms with Crippen LogP contribution in [-0.2, 0) is 6.54 Å². The summed E-state index contributed by atoms with van der Waals surface area (Å²) in [6.45, 7) is 2.55. The van der Waals surface area contributed by atoms with Gasteiger partial charge in [-0.3, -0.25) is 0 Å². The highest BCUT2D eigenvalue weighted by Gasteiger charge is 2.20. The van der Waals surface area contributed by atoms with Gasteiger partial charge < -0.3 is 15.1 Å². The van der Waals surface area contributed by atoms with Gasteiger partial charge >= 0.3 is 0 Å². The van der Waals surface area contributed by atoms with Crippen molar-refractivity contribution in [2.45, 2.75) is 13.5 Å². The first-order valence-electron chi connectivity index (χ1n) is 5.54. The van der Waals surface area contributed by atoms with Crippen LogP contribution in [-0.4, -0.2) is 15.1 Å². The Hall–Kier alpha value is -1.68. The lowest BCUT2D eigenvalue weighted by Gasteiger charge is -2.30. The predicted molar refractivity (Wildman–Crippen MR) is 76.6 cm³/mol. The van der Waals surface area contributed by atoms with Crippen molar-refractivity contribution in [1.29, 1.82) is 0 Å². The highest BCUT2D eigenvalue weighted by Crippen LogP contribution is 2.38. The van der Waals surface area contributed by atoms with Crippen LogP contribution in [0.5, 0.6) is 11.5 Å². The van der Waals surface area contributed by atoms with Crippen LogP contribution in [0.4, 0.5) is 0 Å². The van der Waals surface area contributed by atoms with E-state index in [0.29, 0.717) is 0 Å². The lowest BCUT2D eigenvalue weighted by atomic mass is 9.95. The topological polar surface area (TPSA) is 43.7 Å². The van der Waals surface area contributed by atoms with Crippen LogP contribution < -0.4 is 0 Å². The maximum absolute atomic E-state index is 9.74. The Bertz CT molecular complexity index is 588. The molecule has 0 radical (unpaired) electrons. The Morgan fingerprint density at radius 3 is 2.78 bits per heavy atom. The van der Waals surface area contributed by atoms with E-state index in [-0.39, 0.29) is 28.5 Å². The molecule has 0 aliphatic carbocycles. The van der Waals surface area contributed by atoms with E-state index in [1.807, 2.05) is 37.4 Å². The van der Waals surface area contributed by atoms with E-state index >= 15 is 0 Å². The van der Waals surface area contributed by atoms with Crippen molar-refractivity contribution in [2.24, 2.45) is 0 Å². The minimum atomic E-state index is -0.0538. The summed E-state index contributed by atoms with van der Waals surface area (Å²) in [6, 6.07) is 1.62. The highest BCUT2D eigenvalue weighted by molar-refractivity contribution is 8.93. The first-order chi connectivity index (χ1) is 8.16. The summed E-state index contributed by atoms with van der Waals surface area (Å²) in [4.78, 5) is 2.12. The standard InChI is InChI=1S/C14H13NO2.BrH/c1-9-12-8-15-5-3-2-4-11(15)6-10(12)7-13(16)14(9)17;/h2-7,16-17H,8H2,1H3;1H. The van der Waals surface area contributed by atoms with Crippen LogP contribution in [0.1, 0.15) is 16.7 Å². The molecule has 1 aromatic carbocycles. The number of nitrogens with zero attached hydrogens (tertiary/aromatic N) is 1. The monoisotopic (exact) mass is 307 g/mol. The number of halogens is 1. The molecule has 0 spiro atoms. The van der Waals surface area contributed by atoms with Crippen LogP contribution >= 0.6 is 17.0 Å². The van der Waals surface area contributed by atoms with Gasteiger partial charge in [0.1, 0.15) is 0 Å². The Kier molecular flexibility index (Phi) is 3.22. The molecule has 94 valence electrons. The maximum Gasteiger partial charge on any atom is 0.160 e. The van der Waals surface area contributed by atoms with Crippen molar-refractivity contribution in [1.82, 2.24) is 4.90 Å². The van der Waals surface area contributed by atoms with Crippen LogP contribution in [0, 0.1) is 6.92 Å². The van der Waals surface area contributed by atoms with Gasteiger partial charge in [-0.05, 0) is 42.3 Å². The normalized spacial score (nSPS) is 15.6. The number of phenols is 2. The lowest BCUT2D eigenvalue weighted by Crippen LogP contribution is -2.21. The molecule has 2 N–H and O–H groups in total. The van der Waals surface area contributed by atoms with Gasteiger partial charge in [0.25, 0.3) is 0 Å². The second-order valence-electron chi connectivity index (χ2n) is 4.33. The van der Waals surface area contributed by atoms with E-state index in [2.05, 4.69) is 4.90 Å². The number of hydrogen-bond acceptors (Lipinski definition) is 3. The van der Waals surface area contributed by atoms with Gasteiger partial charge in [-0.2, -0.15) is 0 Å². The second kappa shape index (κ2) is 4.53.